The van der Waals surface area contributed by atoms with Crippen molar-refractivity contribution in [2.75, 3.05) is 0 Å². The number of pyridine rings is 2. The van der Waals surface area contributed by atoms with Gasteiger partial charge in [-0.2, -0.15) is 0 Å². The molecule has 84 valence electrons. The van der Waals surface area contributed by atoms with E-state index < -0.39 is 0 Å². The molecule has 3 aromatic heterocycles. The van der Waals surface area contributed by atoms with Crippen LogP contribution in [0.1, 0.15) is 5.69 Å². The molecule has 4 heteroatoms. The van der Waals surface area contributed by atoms with Gasteiger partial charge in [0.15, 0.2) is 0 Å². The molecule has 0 unspecified atom stereocenters. The fourth-order valence-electron chi connectivity index (χ4n) is 1.94. The molecular weight excluding hydrogens is 214 g/mol. The molecule has 1 N–H and O–H groups in total. The topological polar surface area (TPSA) is 50.4 Å². The average molecular weight is 225 g/mol. The first-order chi connectivity index (χ1) is 8.40. The van der Waals surface area contributed by atoms with Crippen LogP contribution in [-0.4, -0.2) is 19.5 Å². The zero-order valence-corrected chi connectivity index (χ0v) is 9.11. The van der Waals surface area contributed by atoms with Gasteiger partial charge in [0.25, 0.3) is 0 Å². The van der Waals surface area contributed by atoms with Gasteiger partial charge in [-0.1, -0.05) is 6.07 Å². The second-order valence-corrected chi connectivity index (χ2v) is 3.73. The number of imidazole rings is 1. The van der Waals surface area contributed by atoms with Gasteiger partial charge in [0.2, 0.25) is 0 Å². The van der Waals surface area contributed by atoms with Crippen LogP contribution in [0.5, 0.6) is 0 Å². The molecule has 0 bridgehead atoms. The van der Waals surface area contributed by atoms with E-state index in [4.69, 9.17) is 0 Å². The normalized spacial score (nSPS) is 10.9. The Morgan fingerprint density at radius 2 is 1.94 bits per heavy atom. The van der Waals surface area contributed by atoms with Gasteiger partial charge >= 0.3 is 0 Å². The monoisotopic (exact) mass is 225 g/mol. The minimum atomic E-state index is -0.0389. The van der Waals surface area contributed by atoms with Crippen LogP contribution < -0.4 is 0 Å². The highest BCUT2D eigenvalue weighted by Crippen LogP contribution is 2.23. The van der Waals surface area contributed by atoms with E-state index in [0.717, 1.165) is 22.6 Å². The third kappa shape index (κ3) is 1.59. The van der Waals surface area contributed by atoms with Crippen molar-refractivity contribution in [1.29, 1.82) is 0 Å². The lowest BCUT2D eigenvalue weighted by atomic mass is 10.1. The fraction of sp³-hybridized carbons (Fsp3) is 0.0769. The van der Waals surface area contributed by atoms with Crippen LogP contribution in [0, 0.1) is 0 Å². The van der Waals surface area contributed by atoms with Gasteiger partial charge in [0.05, 0.1) is 18.0 Å². The number of aromatic nitrogens is 3. The minimum Gasteiger partial charge on any atom is -0.390 e. The van der Waals surface area contributed by atoms with Crippen molar-refractivity contribution in [3.63, 3.8) is 0 Å². The summed E-state index contributed by atoms with van der Waals surface area (Å²) in [5.74, 6) is 0. The Balaban J connectivity index is 2.30. The Kier molecular flexibility index (Phi) is 2.34. The molecule has 3 heterocycles. The van der Waals surface area contributed by atoms with Gasteiger partial charge in [-0.25, -0.2) is 4.98 Å². The summed E-state index contributed by atoms with van der Waals surface area (Å²) >= 11 is 0. The molecule has 17 heavy (non-hydrogen) atoms. The molecule has 0 spiro atoms. The van der Waals surface area contributed by atoms with Gasteiger partial charge < -0.3 is 9.51 Å². The maximum absolute atomic E-state index is 9.49. The molecule has 0 atom stereocenters. The summed E-state index contributed by atoms with van der Waals surface area (Å²) in [6, 6.07) is 9.55. The van der Waals surface area contributed by atoms with Crippen molar-refractivity contribution in [1.82, 2.24) is 14.4 Å². The Morgan fingerprint density at radius 1 is 1.12 bits per heavy atom. The Morgan fingerprint density at radius 3 is 2.71 bits per heavy atom. The predicted octanol–water partition coefficient (Wildman–Crippen LogP) is 1.89. The zero-order chi connectivity index (χ0) is 11.7. The van der Waals surface area contributed by atoms with Crippen molar-refractivity contribution in [2.24, 2.45) is 0 Å². The maximum atomic E-state index is 9.49. The van der Waals surface area contributed by atoms with Gasteiger partial charge in [-0.05, 0) is 24.3 Å². The second-order valence-electron chi connectivity index (χ2n) is 3.73. The summed E-state index contributed by atoms with van der Waals surface area (Å²) in [4.78, 5) is 8.51. The van der Waals surface area contributed by atoms with Crippen LogP contribution >= 0.6 is 0 Å². The highest BCUT2D eigenvalue weighted by atomic mass is 16.3. The predicted molar refractivity (Wildman–Crippen MR) is 64.3 cm³/mol. The number of rotatable bonds is 2. The fourth-order valence-corrected chi connectivity index (χ4v) is 1.94. The summed E-state index contributed by atoms with van der Waals surface area (Å²) in [5.41, 5.74) is 3.41. The van der Waals surface area contributed by atoms with Crippen LogP contribution in [-0.2, 0) is 6.61 Å². The van der Waals surface area contributed by atoms with E-state index in [1.165, 1.54) is 0 Å². The molecular formula is C13H11N3O. The highest BCUT2D eigenvalue weighted by Gasteiger charge is 2.12. The Bertz CT molecular complexity index is 646. The van der Waals surface area contributed by atoms with Crippen LogP contribution in [0.2, 0.25) is 0 Å². The van der Waals surface area contributed by atoms with Crippen LogP contribution in [0.4, 0.5) is 0 Å². The largest absolute Gasteiger partial charge is 0.390 e. The molecule has 0 amide bonds. The summed E-state index contributed by atoms with van der Waals surface area (Å²) in [7, 11) is 0. The number of aliphatic hydroxyl groups is 1. The summed E-state index contributed by atoms with van der Waals surface area (Å²) in [6.45, 7) is -0.0389. The molecule has 0 radical (unpaired) electrons. The minimum absolute atomic E-state index is 0.0389. The SMILES string of the molecule is OCc1c(-c2ccncc2)nc2ccccn12. The maximum Gasteiger partial charge on any atom is 0.137 e. The lowest BCUT2D eigenvalue weighted by Crippen LogP contribution is -1.93. The van der Waals surface area contributed by atoms with Gasteiger partial charge in [-0.3, -0.25) is 4.98 Å². The van der Waals surface area contributed by atoms with Gasteiger partial charge in [0, 0.05) is 24.2 Å². The number of nitrogens with zero attached hydrogens (tertiary/aromatic N) is 3. The second kappa shape index (κ2) is 3.99. The molecule has 0 saturated heterocycles. The first-order valence-corrected chi connectivity index (χ1v) is 5.37. The first kappa shape index (κ1) is 9.99. The average Bonchev–Trinajstić information content (AvgIpc) is 2.78. The molecule has 4 nitrogen and oxygen atoms in total. The van der Waals surface area contributed by atoms with E-state index in [1.54, 1.807) is 12.4 Å². The van der Waals surface area contributed by atoms with E-state index in [-0.39, 0.29) is 6.61 Å². The standard InChI is InChI=1S/C13H11N3O/c17-9-11-13(10-4-6-14-7-5-10)15-12-3-1-2-8-16(11)12/h1-8,17H,9H2. The van der Waals surface area contributed by atoms with Crippen LogP contribution in [0.25, 0.3) is 16.9 Å². The van der Waals surface area contributed by atoms with Crippen molar-refractivity contribution in [3.05, 3.63) is 54.6 Å². The van der Waals surface area contributed by atoms with E-state index >= 15 is 0 Å². The molecule has 0 aliphatic carbocycles. The number of hydrogen-bond donors (Lipinski definition) is 1. The van der Waals surface area contributed by atoms with Crippen molar-refractivity contribution >= 4 is 5.65 Å². The molecule has 0 fully saturated rings. The molecule has 0 saturated carbocycles. The quantitative estimate of drug-likeness (QED) is 0.724. The van der Waals surface area contributed by atoms with Gasteiger partial charge in [0.1, 0.15) is 5.65 Å². The number of fused-ring (bicyclic) bond motifs is 1. The van der Waals surface area contributed by atoms with Gasteiger partial charge in [-0.15, -0.1) is 0 Å². The van der Waals surface area contributed by atoms with Crippen LogP contribution in [0.3, 0.4) is 0 Å². The Hall–Kier alpha value is -2.20. The molecule has 3 aromatic rings. The van der Waals surface area contributed by atoms with E-state index in [9.17, 15) is 5.11 Å². The summed E-state index contributed by atoms with van der Waals surface area (Å²) in [6.07, 6.45) is 5.35. The van der Waals surface area contributed by atoms with E-state index in [1.807, 2.05) is 40.9 Å². The molecule has 0 aliphatic heterocycles. The third-order valence-electron chi connectivity index (χ3n) is 2.73. The first-order valence-electron chi connectivity index (χ1n) is 5.37. The third-order valence-corrected chi connectivity index (χ3v) is 2.73. The van der Waals surface area contributed by atoms with E-state index in [0.29, 0.717) is 0 Å². The molecule has 3 rings (SSSR count). The number of aliphatic hydroxyl groups excluding tert-OH is 1. The van der Waals surface area contributed by atoms with Crippen molar-refractivity contribution in [2.45, 2.75) is 6.61 Å². The summed E-state index contributed by atoms with van der Waals surface area (Å²) in [5, 5.41) is 9.49. The number of hydrogen-bond acceptors (Lipinski definition) is 3. The van der Waals surface area contributed by atoms with Crippen LogP contribution in [0.15, 0.2) is 48.9 Å². The lowest BCUT2D eigenvalue weighted by Gasteiger charge is -2.00. The zero-order valence-electron chi connectivity index (χ0n) is 9.11. The Labute approximate surface area is 98.2 Å². The lowest BCUT2D eigenvalue weighted by molar-refractivity contribution is 0.276. The van der Waals surface area contributed by atoms with Crippen molar-refractivity contribution in [3.8, 4) is 11.3 Å². The van der Waals surface area contributed by atoms with Crippen molar-refractivity contribution < 1.29 is 5.11 Å². The molecule has 0 aliphatic rings. The van der Waals surface area contributed by atoms with E-state index in [2.05, 4.69) is 9.97 Å². The smallest absolute Gasteiger partial charge is 0.137 e. The summed E-state index contributed by atoms with van der Waals surface area (Å²) < 4.78 is 1.90. The molecule has 0 aromatic carbocycles. The highest BCUT2D eigenvalue weighted by molar-refractivity contribution is 5.65.